The first kappa shape index (κ1) is 29.9. The molecular formula is C28H43N3O4S. The molecule has 1 fully saturated rings. The maximum Gasteiger partial charge on any atom is 0.331 e. The number of thioether (sulfide) groups is 1. The average molecular weight is 518 g/mol. The third-order valence-electron chi connectivity index (χ3n) is 6.82. The molecule has 1 aromatic carbocycles. The summed E-state index contributed by atoms with van der Waals surface area (Å²) in [6.45, 7) is 15.3. The molecule has 7 nitrogen and oxygen atoms in total. The smallest absolute Gasteiger partial charge is 0.331 e. The summed E-state index contributed by atoms with van der Waals surface area (Å²) in [5.74, 6) is -1.45. The first-order valence-corrected chi connectivity index (χ1v) is 13.3. The summed E-state index contributed by atoms with van der Waals surface area (Å²) in [7, 11) is 3.63. The number of carboxylic acid groups (broad SMARTS) is 1. The molecule has 1 saturated heterocycles. The lowest BCUT2D eigenvalue weighted by Gasteiger charge is -2.39. The van der Waals surface area contributed by atoms with Crippen molar-refractivity contribution in [1.82, 2.24) is 15.1 Å². The van der Waals surface area contributed by atoms with Crippen LogP contribution in [0.4, 0.5) is 0 Å². The fourth-order valence-corrected chi connectivity index (χ4v) is 6.34. The predicted molar refractivity (Wildman–Crippen MR) is 147 cm³/mol. The number of aliphatic carboxylic acids is 1. The van der Waals surface area contributed by atoms with Crippen molar-refractivity contribution in [3.63, 3.8) is 0 Å². The Kier molecular flexibility index (Phi) is 9.46. The van der Waals surface area contributed by atoms with Gasteiger partial charge in [-0.15, -0.1) is 11.8 Å². The highest BCUT2D eigenvalue weighted by molar-refractivity contribution is 8.01. The van der Waals surface area contributed by atoms with E-state index in [4.69, 9.17) is 0 Å². The summed E-state index contributed by atoms with van der Waals surface area (Å²) in [5, 5.41) is 12.5. The van der Waals surface area contributed by atoms with Crippen LogP contribution < -0.4 is 5.32 Å². The second-order valence-corrected chi connectivity index (χ2v) is 13.4. The van der Waals surface area contributed by atoms with E-state index in [1.807, 2.05) is 59.9 Å². The van der Waals surface area contributed by atoms with Gasteiger partial charge in [-0.1, -0.05) is 71.0 Å². The highest BCUT2D eigenvalue weighted by Crippen LogP contribution is 2.51. The van der Waals surface area contributed by atoms with Gasteiger partial charge >= 0.3 is 5.97 Å². The second-order valence-electron chi connectivity index (χ2n) is 11.7. The lowest BCUT2D eigenvalue weighted by atomic mass is 9.84. The zero-order valence-corrected chi connectivity index (χ0v) is 24.1. The van der Waals surface area contributed by atoms with E-state index >= 15 is 0 Å². The van der Waals surface area contributed by atoms with Crippen molar-refractivity contribution < 1.29 is 19.5 Å². The number of carbonyl (C=O) groups excluding carboxylic acids is 2. The molecule has 36 heavy (non-hydrogen) atoms. The second kappa shape index (κ2) is 11.4. The number of likely N-dealkylation sites (N-methyl/N-ethyl adjacent to an activating group) is 2. The molecule has 1 aliphatic heterocycles. The van der Waals surface area contributed by atoms with Gasteiger partial charge in [0, 0.05) is 17.4 Å². The maximum atomic E-state index is 13.8. The fourth-order valence-electron chi connectivity index (χ4n) is 4.78. The standard InChI is InChI=1S/C28H43N3O4S/c1-17(2)20(16-18(3)26(34)35)30(9)24(33)21(27(4,5)6)29-23(32)22-28(7,8)36-25(31(22)10)19-14-12-11-13-15-19/h11-17,20-22,25H,1-10H3,(H,29,32)(H,34,35)/t20-,21-,22+,25-/m1/s1. The molecule has 1 aliphatic rings. The van der Waals surface area contributed by atoms with Crippen LogP contribution in [0.5, 0.6) is 0 Å². The summed E-state index contributed by atoms with van der Waals surface area (Å²) in [6, 6.07) is 8.48. The third-order valence-corrected chi connectivity index (χ3v) is 8.48. The molecular weight excluding hydrogens is 474 g/mol. The highest BCUT2D eigenvalue weighted by Gasteiger charge is 2.51. The van der Waals surface area contributed by atoms with Crippen LogP contribution in [0.1, 0.15) is 66.3 Å². The number of nitrogens with zero attached hydrogens (tertiary/aromatic N) is 2. The largest absolute Gasteiger partial charge is 0.478 e. The number of hydrogen-bond donors (Lipinski definition) is 2. The predicted octanol–water partition coefficient (Wildman–Crippen LogP) is 4.56. The number of carboxylic acids is 1. The quantitative estimate of drug-likeness (QED) is 0.492. The van der Waals surface area contributed by atoms with Gasteiger partial charge in [0.1, 0.15) is 12.1 Å². The Bertz CT molecular complexity index is 984. The van der Waals surface area contributed by atoms with Crippen LogP contribution in [0.25, 0.3) is 0 Å². The van der Waals surface area contributed by atoms with E-state index in [0.717, 1.165) is 5.56 Å². The summed E-state index contributed by atoms with van der Waals surface area (Å²) >= 11 is 1.74. The van der Waals surface area contributed by atoms with Gasteiger partial charge in [-0.25, -0.2) is 4.79 Å². The molecule has 1 aromatic rings. The number of amides is 2. The van der Waals surface area contributed by atoms with Crippen molar-refractivity contribution in [2.75, 3.05) is 14.1 Å². The molecule has 2 N–H and O–H groups in total. The van der Waals surface area contributed by atoms with Gasteiger partial charge in [0.2, 0.25) is 11.8 Å². The lowest BCUT2D eigenvalue weighted by molar-refractivity contribution is -0.141. The monoisotopic (exact) mass is 517 g/mol. The van der Waals surface area contributed by atoms with Crippen LogP contribution >= 0.6 is 11.8 Å². The summed E-state index contributed by atoms with van der Waals surface area (Å²) in [5.41, 5.74) is 0.765. The highest BCUT2D eigenvalue weighted by atomic mass is 32.2. The topological polar surface area (TPSA) is 90.0 Å². The minimum absolute atomic E-state index is 0.00695. The van der Waals surface area contributed by atoms with Gasteiger partial charge in [0.15, 0.2) is 0 Å². The number of nitrogens with one attached hydrogen (secondary N) is 1. The number of hydrogen-bond acceptors (Lipinski definition) is 5. The van der Waals surface area contributed by atoms with E-state index in [1.165, 1.54) is 6.92 Å². The van der Waals surface area contributed by atoms with Crippen molar-refractivity contribution in [3.05, 3.63) is 47.5 Å². The Morgan fingerprint density at radius 2 is 1.72 bits per heavy atom. The van der Waals surface area contributed by atoms with Gasteiger partial charge in [-0.05, 0) is 44.7 Å². The van der Waals surface area contributed by atoms with Crippen LogP contribution in [-0.2, 0) is 14.4 Å². The van der Waals surface area contributed by atoms with Crippen molar-refractivity contribution in [1.29, 1.82) is 0 Å². The molecule has 0 saturated carbocycles. The molecule has 200 valence electrons. The molecule has 0 radical (unpaired) electrons. The van der Waals surface area contributed by atoms with E-state index in [1.54, 1.807) is 29.8 Å². The Labute approximate surface area is 220 Å². The van der Waals surface area contributed by atoms with Crippen molar-refractivity contribution in [2.45, 2.75) is 83.6 Å². The first-order valence-electron chi connectivity index (χ1n) is 12.4. The van der Waals surface area contributed by atoms with Crippen LogP contribution in [0, 0.1) is 11.3 Å². The zero-order chi connectivity index (χ0) is 27.6. The maximum absolute atomic E-state index is 13.8. The molecule has 0 unspecified atom stereocenters. The first-order chi connectivity index (χ1) is 16.5. The average Bonchev–Trinajstić information content (AvgIpc) is 3.02. The minimum Gasteiger partial charge on any atom is -0.478 e. The summed E-state index contributed by atoms with van der Waals surface area (Å²) < 4.78 is -0.376. The molecule has 2 rings (SSSR count). The number of benzene rings is 1. The normalized spacial score (nSPS) is 22.2. The summed E-state index contributed by atoms with van der Waals surface area (Å²) in [6.07, 6.45) is 1.61. The van der Waals surface area contributed by atoms with E-state index in [-0.39, 0.29) is 33.4 Å². The van der Waals surface area contributed by atoms with E-state index in [9.17, 15) is 19.5 Å². The van der Waals surface area contributed by atoms with Crippen LogP contribution in [0.15, 0.2) is 42.0 Å². The van der Waals surface area contributed by atoms with Gasteiger partial charge < -0.3 is 15.3 Å². The van der Waals surface area contributed by atoms with Crippen molar-refractivity contribution in [2.24, 2.45) is 11.3 Å². The Morgan fingerprint density at radius 1 is 1.17 bits per heavy atom. The van der Waals surface area contributed by atoms with Crippen LogP contribution in [0.3, 0.4) is 0 Å². The van der Waals surface area contributed by atoms with E-state index < -0.39 is 29.5 Å². The Morgan fingerprint density at radius 3 is 2.19 bits per heavy atom. The third kappa shape index (κ3) is 6.71. The molecule has 0 spiro atoms. The molecule has 0 aromatic heterocycles. The number of carbonyl (C=O) groups is 3. The van der Waals surface area contributed by atoms with Crippen LogP contribution in [0.2, 0.25) is 0 Å². The van der Waals surface area contributed by atoms with Crippen LogP contribution in [-0.4, -0.2) is 69.7 Å². The van der Waals surface area contributed by atoms with Gasteiger partial charge in [-0.3, -0.25) is 14.5 Å². The fraction of sp³-hybridized carbons (Fsp3) is 0.607. The zero-order valence-electron chi connectivity index (χ0n) is 23.3. The number of rotatable bonds is 8. The van der Waals surface area contributed by atoms with Gasteiger partial charge in [-0.2, -0.15) is 0 Å². The van der Waals surface area contributed by atoms with Gasteiger partial charge in [0.25, 0.3) is 0 Å². The SMILES string of the molecule is CC(=C[C@H](C(C)C)N(C)C(=O)[C@@H](NC(=O)[C@@H]1N(C)[C@@H](c2ccccc2)SC1(C)C)C(C)(C)C)C(=O)O. The molecule has 8 heteroatoms. The van der Waals surface area contributed by atoms with E-state index in [0.29, 0.717) is 0 Å². The molecule has 0 aliphatic carbocycles. The molecule has 4 atom stereocenters. The van der Waals surface area contributed by atoms with E-state index in [2.05, 4.69) is 36.2 Å². The summed E-state index contributed by atoms with van der Waals surface area (Å²) in [4.78, 5) is 42.6. The molecule has 1 heterocycles. The minimum atomic E-state index is -1.01. The lowest BCUT2D eigenvalue weighted by Crippen LogP contribution is -2.60. The van der Waals surface area contributed by atoms with Crippen molar-refractivity contribution in [3.8, 4) is 0 Å². The van der Waals surface area contributed by atoms with Crippen molar-refractivity contribution >= 4 is 29.5 Å². The van der Waals surface area contributed by atoms with Gasteiger partial charge in [0.05, 0.1) is 11.4 Å². The Balaban J connectivity index is 2.34. The molecule has 2 amide bonds. The Hall–Kier alpha value is -2.32. The molecule has 0 bridgehead atoms.